The van der Waals surface area contributed by atoms with Crippen LogP contribution in [-0.2, 0) is 0 Å². The van der Waals surface area contributed by atoms with Gasteiger partial charge in [-0.05, 0) is 75.6 Å². The molecule has 2 aromatic carbocycles. The lowest BCUT2D eigenvalue weighted by atomic mass is 10.3. The Kier molecular flexibility index (Phi) is 5.11. The Balaban J connectivity index is 1.72. The van der Waals surface area contributed by atoms with Crippen LogP contribution in [0.2, 0.25) is 0 Å². The minimum absolute atomic E-state index is 0.812. The van der Waals surface area contributed by atoms with Crippen molar-refractivity contribution in [3.8, 4) is 11.5 Å². The Bertz CT molecular complexity index is 587. The Morgan fingerprint density at radius 3 is 1.20 bits per heavy atom. The highest BCUT2D eigenvalue weighted by Crippen LogP contribution is 2.44. The van der Waals surface area contributed by atoms with Crippen LogP contribution in [0.4, 0.5) is 0 Å². The summed E-state index contributed by atoms with van der Waals surface area (Å²) >= 11 is 0. The fourth-order valence-corrected chi connectivity index (χ4v) is 5.96. The zero-order valence-electron chi connectivity index (χ0n) is 13.7. The number of para-hydroxylation sites is 2. The van der Waals surface area contributed by atoms with Crippen molar-refractivity contribution in [3.05, 3.63) is 123 Å². The van der Waals surface area contributed by atoms with E-state index >= 15 is 0 Å². The fraction of sp³-hybridized carbons (Fsp3) is 0. The Morgan fingerprint density at radius 1 is 0.480 bits per heavy atom. The molecule has 0 aliphatic heterocycles. The van der Waals surface area contributed by atoms with E-state index in [1.165, 1.54) is 0 Å². The molecule has 4 rings (SSSR count). The molecule has 10 radical (unpaired) electrons. The van der Waals surface area contributed by atoms with Crippen molar-refractivity contribution in [3.63, 3.8) is 0 Å². The van der Waals surface area contributed by atoms with Crippen molar-refractivity contribution in [1.82, 2.24) is 0 Å². The molecule has 122 valence electrons. The van der Waals surface area contributed by atoms with Crippen LogP contribution >= 0.6 is 0 Å². The molecule has 2 nitrogen and oxygen atoms in total. The summed E-state index contributed by atoms with van der Waals surface area (Å²) in [5.74, 6) is 1.62. The number of benzene rings is 2. The van der Waals surface area contributed by atoms with Gasteiger partial charge in [-0.3, -0.25) is 0 Å². The Hall–Kier alpha value is -1.74. The molecule has 3 heteroatoms. The van der Waals surface area contributed by atoms with Crippen molar-refractivity contribution in [1.29, 1.82) is 0 Å². The monoisotopic (exact) mass is 342 g/mol. The molecule has 0 amide bonds. The lowest BCUT2D eigenvalue weighted by Crippen LogP contribution is -2.59. The van der Waals surface area contributed by atoms with Gasteiger partial charge in [-0.1, -0.05) is 36.4 Å². The summed E-state index contributed by atoms with van der Waals surface area (Å²) in [6, 6.07) is 19.8. The molecule has 2 aliphatic rings. The first-order valence-corrected chi connectivity index (χ1v) is 10.1. The van der Waals surface area contributed by atoms with E-state index in [0.29, 0.717) is 0 Å². The van der Waals surface area contributed by atoms with E-state index in [9.17, 15) is 0 Å². The SMILES string of the molecule is [CH]1[CH][CH][C]([Si](Oc2ccccc2)(Oc2ccccc2)[C]2[CH][CH][CH][CH]2)[CH]1. The molecule has 0 atom stereocenters. The van der Waals surface area contributed by atoms with Crippen LogP contribution in [0.1, 0.15) is 0 Å². The maximum Gasteiger partial charge on any atom is 0.475 e. The van der Waals surface area contributed by atoms with Crippen molar-refractivity contribution in [2.45, 2.75) is 0 Å². The topological polar surface area (TPSA) is 18.5 Å². The summed E-state index contributed by atoms with van der Waals surface area (Å²) in [6.07, 6.45) is 16.5. The summed E-state index contributed by atoms with van der Waals surface area (Å²) in [7, 11) is -2.92. The molecule has 0 aromatic heterocycles. The molecule has 0 unspecified atom stereocenters. The van der Waals surface area contributed by atoms with E-state index in [1.807, 2.05) is 86.3 Å². The average Bonchev–Trinajstić information content (AvgIpc) is 3.37. The number of hydrogen-bond acceptors (Lipinski definition) is 2. The van der Waals surface area contributed by atoms with Crippen LogP contribution in [0.5, 0.6) is 11.5 Å². The molecule has 0 bridgehead atoms. The minimum atomic E-state index is -2.92. The molecule has 2 fully saturated rings. The molecular weight excluding hydrogens is 324 g/mol. The Labute approximate surface area is 152 Å². The van der Waals surface area contributed by atoms with E-state index < -0.39 is 8.56 Å². The van der Waals surface area contributed by atoms with Crippen molar-refractivity contribution in [2.75, 3.05) is 0 Å². The van der Waals surface area contributed by atoms with E-state index in [-0.39, 0.29) is 0 Å². The van der Waals surface area contributed by atoms with Gasteiger partial charge in [-0.25, -0.2) is 0 Å². The smallest absolute Gasteiger partial charge is 0.475 e. The van der Waals surface area contributed by atoms with Gasteiger partial charge in [0.25, 0.3) is 0 Å². The summed E-state index contributed by atoms with van der Waals surface area (Å²) < 4.78 is 13.2. The van der Waals surface area contributed by atoms with Gasteiger partial charge in [0.15, 0.2) is 0 Å². The second-order valence-electron chi connectivity index (χ2n) is 5.79. The molecular formula is C22H18O2Si. The van der Waals surface area contributed by atoms with E-state index in [2.05, 4.69) is 25.7 Å². The van der Waals surface area contributed by atoms with Crippen LogP contribution < -0.4 is 8.85 Å². The van der Waals surface area contributed by atoms with Gasteiger partial charge in [-0.2, -0.15) is 0 Å². The van der Waals surface area contributed by atoms with Gasteiger partial charge in [0.2, 0.25) is 0 Å². The van der Waals surface area contributed by atoms with Crippen molar-refractivity contribution in [2.24, 2.45) is 0 Å². The van der Waals surface area contributed by atoms with Crippen LogP contribution in [-0.4, -0.2) is 8.56 Å². The summed E-state index contributed by atoms with van der Waals surface area (Å²) in [4.78, 5) is 0. The van der Waals surface area contributed by atoms with Crippen LogP contribution in [0.3, 0.4) is 0 Å². The van der Waals surface area contributed by atoms with Gasteiger partial charge in [0, 0.05) is 0 Å². The zero-order chi connectivity index (χ0) is 17.0. The summed E-state index contributed by atoms with van der Waals surface area (Å²) in [6.45, 7) is 0. The van der Waals surface area contributed by atoms with Gasteiger partial charge in [0.05, 0.1) is 11.1 Å². The maximum atomic E-state index is 6.61. The van der Waals surface area contributed by atoms with Crippen LogP contribution in [0, 0.1) is 62.4 Å². The molecule has 0 spiro atoms. The molecule has 0 heterocycles. The lowest BCUT2D eigenvalue weighted by Gasteiger charge is -2.39. The van der Waals surface area contributed by atoms with E-state index in [1.54, 1.807) is 0 Å². The third-order valence-electron chi connectivity index (χ3n) is 4.10. The quantitative estimate of drug-likeness (QED) is 0.721. The third-order valence-corrected chi connectivity index (χ3v) is 7.33. The van der Waals surface area contributed by atoms with Gasteiger partial charge in [-0.15, -0.1) is 0 Å². The van der Waals surface area contributed by atoms with Gasteiger partial charge in [0.1, 0.15) is 11.5 Å². The molecule has 0 N–H and O–H groups in total. The lowest BCUT2D eigenvalue weighted by molar-refractivity contribution is 0.392. The van der Waals surface area contributed by atoms with Gasteiger partial charge < -0.3 is 8.85 Å². The molecule has 2 aromatic rings. The summed E-state index contributed by atoms with van der Waals surface area (Å²) in [5.41, 5.74) is 2.18. The average molecular weight is 342 g/mol. The molecule has 2 aliphatic carbocycles. The highest BCUT2D eigenvalue weighted by Gasteiger charge is 2.59. The first-order chi connectivity index (χ1) is 12.4. The fourth-order valence-electron chi connectivity index (χ4n) is 2.92. The first kappa shape index (κ1) is 16.7. The molecule has 2 saturated carbocycles. The predicted molar refractivity (Wildman–Crippen MR) is 101 cm³/mol. The predicted octanol–water partition coefficient (Wildman–Crippen LogP) is 4.48. The normalized spacial score (nSPS) is 19.2. The number of rotatable bonds is 6. The first-order valence-electron chi connectivity index (χ1n) is 8.29. The Morgan fingerprint density at radius 2 is 0.840 bits per heavy atom. The molecule has 0 saturated heterocycles. The highest BCUT2D eigenvalue weighted by atomic mass is 28.4. The van der Waals surface area contributed by atoms with E-state index in [0.717, 1.165) is 22.6 Å². The van der Waals surface area contributed by atoms with Gasteiger partial charge >= 0.3 is 8.56 Å². The second kappa shape index (κ2) is 7.65. The highest BCUT2D eigenvalue weighted by molar-refractivity contribution is 6.82. The minimum Gasteiger partial charge on any atom is -0.511 e. The zero-order valence-corrected chi connectivity index (χ0v) is 14.7. The summed E-state index contributed by atoms with van der Waals surface area (Å²) in [5, 5.41) is 0. The maximum absolute atomic E-state index is 6.61. The number of hydrogen-bond donors (Lipinski definition) is 0. The second-order valence-corrected chi connectivity index (χ2v) is 8.59. The van der Waals surface area contributed by atoms with Crippen molar-refractivity contribution >= 4 is 8.56 Å². The van der Waals surface area contributed by atoms with Crippen molar-refractivity contribution < 1.29 is 8.85 Å². The van der Waals surface area contributed by atoms with E-state index in [4.69, 9.17) is 8.85 Å². The largest absolute Gasteiger partial charge is 0.511 e. The molecule has 25 heavy (non-hydrogen) atoms. The van der Waals surface area contributed by atoms with Crippen LogP contribution in [0.15, 0.2) is 60.7 Å². The van der Waals surface area contributed by atoms with Crippen LogP contribution in [0.25, 0.3) is 0 Å². The third kappa shape index (κ3) is 3.62. The standard InChI is InChI=1S/C22H18O2Si/c1-3-11-19(12-4-1)23-25(21-15-7-8-16-21,22-17-9-10-18-22)24-20-13-5-2-6-14-20/h1-18H.